The van der Waals surface area contributed by atoms with Crippen molar-refractivity contribution in [2.75, 3.05) is 38.5 Å². The molecule has 1 aromatic carbocycles. The second-order valence-corrected chi connectivity index (χ2v) is 11.5. The van der Waals surface area contributed by atoms with E-state index in [2.05, 4.69) is 50.5 Å². The van der Waals surface area contributed by atoms with Crippen LogP contribution in [0, 0.1) is 11.8 Å². The van der Waals surface area contributed by atoms with Crippen molar-refractivity contribution in [3.8, 4) is 11.3 Å². The number of halogens is 2. The molecule has 1 saturated heterocycles. The first kappa shape index (κ1) is 30.4. The minimum atomic E-state index is -2.27. The molecule has 1 aliphatic rings. The molecule has 1 unspecified atom stereocenters. The van der Waals surface area contributed by atoms with E-state index in [1.807, 2.05) is 41.4 Å². The van der Waals surface area contributed by atoms with Crippen LogP contribution in [0.4, 0.5) is 14.6 Å². The molecular weight excluding hydrogens is 548 g/mol. The van der Waals surface area contributed by atoms with E-state index in [0.717, 1.165) is 71.6 Å². The molecule has 43 heavy (non-hydrogen) atoms. The average Bonchev–Trinajstić information content (AvgIpc) is 3.03. The van der Waals surface area contributed by atoms with Gasteiger partial charge in [-0.3, -0.25) is 19.7 Å². The molecule has 1 fully saturated rings. The van der Waals surface area contributed by atoms with Crippen molar-refractivity contribution in [2.24, 2.45) is 11.8 Å². The number of aromatic nitrogens is 4. The summed E-state index contributed by atoms with van der Waals surface area (Å²) < 4.78 is 25.3. The third-order valence-corrected chi connectivity index (χ3v) is 8.61. The van der Waals surface area contributed by atoms with Gasteiger partial charge in [-0.25, -0.2) is 18.7 Å². The minimum Gasteiger partial charge on any atom is -0.370 e. The number of piperidine rings is 1. The highest BCUT2D eigenvalue weighted by Gasteiger charge is 2.22. The van der Waals surface area contributed by atoms with Gasteiger partial charge in [0.15, 0.2) is 0 Å². The van der Waals surface area contributed by atoms with Crippen LogP contribution in [0.25, 0.3) is 22.2 Å². The summed E-state index contributed by atoms with van der Waals surface area (Å²) in [5.41, 5.74) is 5.29. The zero-order valence-corrected chi connectivity index (χ0v) is 24.9. The van der Waals surface area contributed by atoms with Gasteiger partial charge in [0.25, 0.3) is 12.3 Å². The number of rotatable bonds is 11. The Morgan fingerprint density at radius 1 is 1.05 bits per heavy atom. The molecule has 1 amide bonds. The molecule has 0 saturated carbocycles. The number of pyridine rings is 2. The number of nitrogens with zero attached hydrogens (tertiary/aromatic N) is 5. The van der Waals surface area contributed by atoms with E-state index >= 15 is 0 Å². The van der Waals surface area contributed by atoms with Crippen LogP contribution in [0.1, 0.15) is 54.2 Å². The molecule has 8 nitrogen and oxygen atoms in total. The van der Waals surface area contributed by atoms with Crippen LogP contribution in [0.5, 0.6) is 0 Å². The van der Waals surface area contributed by atoms with Gasteiger partial charge >= 0.3 is 0 Å². The number of fused-ring (bicyclic) bond motifs is 1. The number of nitrogens with one attached hydrogen (secondary N) is 2. The molecule has 0 radical (unpaired) electrons. The monoisotopic (exact) mass is 587 g/mol. The summed E-state index contributed by atoms with van der Waals surface area (Å²) in [6.07, 6.45) is 5.52. The van der Waals surface area contributed by atoms with Crippen LogP contribution in [-0.4, -0.2) is 70.4 Å². The van der Waals surface area contributed by atoms with E-state index in [1.165, 1.54) is 0 Å². The Hall–Kier alpha value is -4.05. The maximum atomic E-state index is 12.7. The van der Waals surface area contributed by atoms with Crippen LogP contribution in [0.3, 0.4) is 0 Å². The zero-order valence-electron chi connectivity index (χ0n) is 24.9. The molecule has 10 heteroatoms. The number of amides is 1. The normalized spacial score (nSPS) is 15.9. The molecular formula is C33H39F2N7O. The Labute approximate surface area is 251 Å². The summed E-state index contributed by atoms with van der Waals surface area (Å²) >= 11 is 0. The lowest BCUT2D eigenvalue weighted by Gasteiger charge is -2.31. The molecule has 0 bridgehead atoms. The predicted octanol–water partition coefficient (Wildman–Crippen LogP) is 5.82. The van der Waals surface area contributed by atoms with Gasteiger partial charge in [-0.15, -0.1) is 0 Å². The van der Waals surface area contributed by atoms with Gasteiger partial charge in [0.2, 0.25) is 0 Å². The number of carbonyl (C=O) groups is 1. The van der Waals surface area contributed by atoms with E-state index in [-0.39, 0.29) is 24.3 Å². The first-order valence-electron chi connectivity index (χ1n) is 14.9. The van der Waals surface area contributed by atoms with E-state index in [1.54, 1.807) is 25.6 Å². The lowest BCUT2D eigenvalue weighted by atomic mass is 9.87. The predicted molar refractivity (Wildman–Crippen MR) is 165 cm³/mol. The first-order chi connectivity index (χ1) is 20.8. The van der Waals surface area contributed by atoms with Crippen molar-refractivity contribution in [3.05, 3.63) is 78.0 Å². The van der Waals surface area contributed by atoms with Crippen molar-refractivity contribution in [3.63, 3.8) is 0 Å². The summed E-state index contributed by atoms with van der Waals surface area (Å²) in [5.74, 6) is 1.51. The number of hydrogen-bond donors (Lipinski definition) is 2. The number of hydrogen-bond acceptors (Lipinski definition) is 7. The van der Waals surface area contributed by atoms with Crippen LogP contribution in [0.2, 0.25) is 0 Å². The molecule has 0 aliphatic carbocycles. The van der Waals surface area contributed by atoms with Crippen molar-refractivity contribution < 1.29 is 13.6 Å². The number of para-hydroxylation sites is 1. The quantitative estimate of drug-likeness (QED) is 0.228. The molecule has 226 valence electrons. The second-order valence-electron chi connectivity index (χ2n) is 11.5. The van der Waals surface area contributed by atoms with Gasteiger partial charge in [-0.05, 0) is 73.9 Å². The van der Waals surface area contributed by atoms with Crippen molar-refractivity contribution in [2.45, 2.75) is 45.5 Å². The summed E-state index contributed by atoms with van der Waals surface area (Å²) in [5, 5.41) is 7.03. The lowest BCUT2D eigenvalue weighted by Crippen LogP contribution is -2.37. The fourth-order valence-electron chi connectivity index (χ4n) is 5.82. The SMILES string of the molecule is CNC(=O)c1ccnc2c(C(C)[C@H](C)CNc3cc(-c4ccc(CC5CCN(CC(F)F)CC5)nc4)ncn3)cccc12. The Balaban J connectivity index is 1.19. The molecule has 5 rings (SSSR count). The van der Waals surface area contributed by atoms with Crippen molar-refractivity contribution in [1.29, 1.82) is 0 Å². The molecule has 4 aromatic rings. The van der Waals surface area contributed by atoms with Crippen LogP contribution in [0.15, 0.2) is 61.2 Å². The fourth-order valence-corrected chi connectivity index (χ4v) is 5.82. The molecule has 2 atom stereocenters. The zero-order chi connectivity index (χ0) is 30.3. The van der Waals surface area contributed by atoms with Gasteiger partial charge in [0.05, 0.1) is 23.3 Å². The number of benzene rings is 1. The number of likely N-dealkylation sites (tertiary alicyclic amines) is 1. The average molecular weight is 588 g/mol. The number of anilines is 1. The summed E-state index contributed by atoms with van der Waals surface area (Å²) in [4.78, 5) is 32.4. The van der Waals surface area contributed by atoms with E-state index in [0.29, 0.717) is 18.0 Å². The fraction of sp³-hybridized carbons (Fsp3) is 0.424. The maximum absolute atomic E-state index is 12.7. The van der Waals surface area contributed by atoms with Crippen molar-refractivity contribution in [1.82, 2.24) is 30.2 Å². The Kier molecular flexibility index (Phi) is 9.86. The summed E-state index contributed by atoms with van der Waals surface area (Å²) in [6.45, 7) is 6.37. The third kappa shape index (κ3) is 7.48. The van der Waals surface area contributed by atoms with Gasteiger partial charge < -0.3 is 10.6 Å². The van der Waals surface area contributed by atoms with Gasteiger partial charge in [-0.1, -0.05) is 32.0 Å². The van der Waals surface area contributed by atoms with Gasteiger partial charge in [0, 0.05) is 48.7 Å². The maximum Gasteiger partial charge on any atom is 0.251 e. The van der Waals surface area contributed by atoms with Gasteiger partial charge in [-0.2, -0.15) is 0 Å². The van der Waals surface area contributed by atoms with Crippen LogP contribution in [-0.2, 0) is 6.42 Å². The molecule has 0 spiro atoms. The first-order valence-corrected chi connectivity index (χ1v) is 14.9. The highest BCUT2D eigenvalue weighted by Crippen LogP contribution is 2.31. The minimum absolute atomic E-state index is 0.123. The highest BCUT2D eigenvalue weighted by atomic mass is 19.3. The molecule has 3 aromatic heterocycles. The van der Waals surface area contributed by atoms with E-state index in [9.17, 15) is 13.6 Å². The van der Waals surface area contributed by atoms with E-state index < -0.39 is 6.43 Å². The smallest absolute Gasteiger partial charge is 0.251 e. The second kappa shape index (κ2) is 13.9. The Morgan fingerprint density at radius 3 is 2.58 bits per heavy atom. The third-order valence-electron chi connectivity index (χ3n) is 8.61. The molecule has 1 aliphatic heterocycles. The molecule has 4 heterocycles. The number of alkyl halides is 2. The standard InChI is InChI=1S/C33H39F2N7O/c1-21(22(2)26-5-4-6-27-28(33(43)36-3)9-12-37-32(26)27)17-39-31-16-29(40-20-41-31)24-7-8-25(38-18-24)15-23-10-13-42(14-11-23)19-30(34)35/h4-9,12,16,18,20-23,30H,10-11,13-15,17,19H2,1-3H3,(H,36,43)(H,39,40,41)/t21-,22?/m1/s1. The summed E-state index contributed by atoms with van der Waals surface area (Å²) in [7, 11) is 1.63. The van der Waals surface area contributed by atoms with Crippen LogP contribution >= 0.6 is 0 Å². The van der Waals surface area contributed by atoms with Gasteiger partial charge in [0.1, 0.15) is 12.1 Å². The number of carbonyl (C=O) groups excluding carboxylic acids is 1. The summed E-state index contributed by atoms with van der Waals surface area (Å²) in [6, 6.07) is 13.8. The molecule has 2 N–H and O–H groups in total. The largest absolute Gasteiger partial charge is 0.370 e. The topological polar surface area (TPSA) is 95.9 Å². The Morgan fingerprint density at radius 2 is 1.86 bits per heavy atom. The lowest BCUT2D eigenvalue weighted by molar-refractivity contribution is 0.0690. The highest BCUT2D eigenvalue weighted by molar-refractivity contribution is 6.06. The Bertz CT molecular complexity index is 1520. The van der Waals surface area contributed by atoms with Crippen molar-refractivity contribution >= 4 is 22.6 Å². The van der Waals surface area contributed by atoms with Crippen LogP contribution < -0.4 is 10.6 Å². The van der Waals surface area contributed by atoms with E-state index in [4.69, 9.17) is 0 Å².